The van der Waals surface area contributed by atoms with E-state index in [0.717, 1.165) is 11.3 Å². The molecule has 0 radical (unpaired) electrons. The maximum atomic E-state index is 11.6. The Morgan fingerprint density at radius 3 is 2.17 bits per heavy atom. The molecule has 0 fully saturated rings. The third-order valence-electron chi connectivity index (χ3n) is 1.65. The van der Waals surface area contributed by atoms with Gasteiger partial charge in [-0.1, -0.05) is 24.8 Å². The van der Waals surface area contributed by atoms with Gasteiger partial charge in [0.1, 0.15) is 5.75 Å². The van der Waals surface area contributed by atoms with Crippen LogP contribution in [0.4, 0.5) is 4.39 Å². The first-order valence-corrected chi connectivity index (χ1v) is 5.53. The van der Waals surface area contributed by atoms with Gasteiger partial charge in [-0.25, -0.2) is 4.39 Å². The summed E-state index contributed by atoms with van der Waals surface area (Å²) in [4.78, 5) is 9.42. The molecule has 0 amide bonds. The van der Waals surface area contributed by atoms with Crippen LogP contribution in [0.5, 0.6) is 5.75 Å². The summed E-state index contributed by atoms with van der Waals surface area (Å²) < 4.78 is 20.8. The van der Waals surface area contributed by atoms with Crippen LogP contribution in [0.25, 0.3) is 6.08 Å². The van der Waals surface area contributed by atoms with Gasteiger partial charge in [-0.05, 0) is 17.7 Å². The molecule has 0 saturated heterocycles. The topological polar surface area (TPSA) is 35.5 Å². The number of aldehydes is 1. The van der Waals surface area contributed by atoms with Gasteiger partial charge in [0.25, 0.3) is 0 Å². The van der Waals surface area contributed by atoms with E-state index < -0.39 is 5.50 Å². The fourth-order valence-corrected chi connectivity index (χ4v) is 1.08. The van der Waals surface area contributed by atoms with Gasteiger partial charge in [0.2, 0.25) is 5.50 Å². The van der Waals surface area contributed by atoms with Crippen LogP contribution >= 0.6 is 25.5 Å². The summed E-state index contributed by atoms with van der Waals surface area (Å²) in [6.45, 7) is 3.65. The largest absolute Gasteiger partial charge is 0.497 e. The van der Waals surface area contributed by atoms with Gasteiger partial charge in [0.05, 0.1) is 14.2 Å². The van der Waals surface area contributed by atoms with Crippen LogP contribution in [-0.4, -0.2) is 26.0 Å². The average molecular weight is 292 g/mol. The van der Waals surface area contributed by atoms with Gasteiger partial charge in [-0.2, -0.15) is 13.5 Å². The number of ether oxygens (including phenoxy) is 1. The van der Waals surface area contributed by atoms with Crippen LogP contribution in [0.3, 0.4) is 0 Å². The SMILES string of the molecule is C=Cc1ccc(OC)cc1.COSC(F)C=O.S. The van der Waals surface area contributed by atoms with Crippen molar-refractivity contribution in [1.82, 2.24) is 0 Å². The second-order valence-electron chi connectivity index (χ2n) is 2.73. The molecule has 1 aromatic carbocycles. The van der Waals surface area contributed by atoms with E-state index in [1.807, 2.05) is 24.3 Å². The van der Waals surface area contributed by atoms with E-state index in [-0.39, 0.29) is 19.8 Å². The first kappa shape index (κ1) is 19.4. The summed E-state index contributed by atoms with van der Waals surface area (Å²) >= 11 is 0.497. The summed E-state index contributed by atoms with van der Waals surface area (Å²) in [6.07, 6.45) is 1.98. The van der Waals surface area contributed by atoms with Crippen LogP contribution in [0.2, 0.25) is 0 Å². The van der Waals surface area contributed by atoms with Crippen molar-refractivity contribution in [2.75, 3.05) is 14.2 Å². The summed E-state index contributed by atoms with van der Waals surface area (Å²) in [5, 5.41) is 0. The lowest BCUT2D eigenvalue weighted by molar-refractivity contribution is -0.109. The summed E-state index contributed by atoms with van der Waals surface area (Å²) in [7, 11) is 2.96. The number of carbonyl (C=O) groups is 1. The molecule has 6 heteroatoms. The van der Waals surface area contributed by atoms with Crippen molar-refractivity contribution in [2.24, 2.45) is 0 Å². The third kappa shape index (κ3) is 9.09. The molecule has 0 aliphatic heterocycles. The predicted molar refractivity (Wildman–Crippen MR) is 79.0 cm³/mol. The Morgan fingerprint density at radius 2 is 1.89 bits per heavy atom. The number of methoxy groups -OCH3 is 1. The highest BCUT2D eigenvalue weighted by atomic mass is 32.2. The van der Waals surface area contributed by atoms with Crippen LogP contribution in [-0.2, 0) is 8.98 Å². The lowest BCUT2D eigenvalue weighted by Crippen LogP contribution is -1.92. The van der Waals surface area contributed by atoms with Gasteiger partial charge in [0, 0.05) is 12.0 Å². The molecule has 0 bridgehead atoms. The van der Waals surface area contributed by atoms with Crippen molar-refractivity contribution in [3.8, 4) is 5.75 Å². The van der Waals surface area contributed by atoms with Crippen molar-refractivity contribution >= 4 is 37.9 Å². The molecule has 0 N–H and O–H groups in total. The Balaban J connectivity index is 0. The Morgan fingerprint density at radius 1 is 1.33 bits per heavy atom. The third-order valence-corrected chi connectivity index (χ3v) is 2.13. The van der Waals surface area contributed by atoms with Crippen molar-refractivity contribution in [3.05, 3.63) is 36.4 Å². The highest BCUT2D eigenvalue weighted by molar-refractivity contribution is 7.95. The molecule has 3 nitrogen and oxygen atoms in total. The van der Waals surface area contributed by atoms with Crippen LogP contribution in [0, 0.1) is 0 Å². The Hall–Kier alpha value is -0.980. The number of benzene rings is 1. The quantitative estimate of drug-likeness (QED) is 0.616. The highest BCUT2D eigenvalue weighted by Crippen LogP contribution is 2.11. The van der Waals surface area contributed by atoms with E-state index in [4.69, 9.17) is 4.74 Å². The number of alkyl halides is 1. The number of halogens is 1. The van der Waals surface area contributed by atoms with Crippen molar-refractivity contribution in [3.63, 3.8) is 0 Å². The predicted octanol–water partition coefficient (Wildman–Crippen LogP) is 3.23. The first-order chi connectivity index (χ1) is 8.17. The van der Waals surface area contributed by atoms with E-state index in [0.29, 0.717) is 12.0 Å². The van der Waals surface area contributed by atoms with Crippen molar-refractivity contribution in [1.29, 1.82) is 0 Å². The second kappa shape index (κ2) is 12.5. The van der Waals surface area contributed by atoms with Gasteiger partial charge >= 0.3 is 0 Å². The van der Waals surface area contributed by atoms with E-state index >= 15 is 0 Å². The highest BCUT2D eigenvalue weighted by Gasteiger charge is 2.00. The average Bonchev–Trinajstić information content (AvgIpc) is 2.39. The van der Waals surface area contributed by atoms with Crippen LogP contribution < -0.4 is 4.74 Å². The zero-order chi connectivity index (χ0) is 13.1. The monoisotopic (exact) mass is 292 g/mol. The van der Waals surface area contributed by atoms with Crippen molar-refractivity contribution in [2.45, 2.75) is 5.50 Å². The smallest absolute Gasteiger partial charge is 0.225 e. The molecule has 0 aliphatic carbocycles. The van der Waals surface area contributed by atoms with Gasteiger partial charge in [-0.3, -0.25) is 4.79 Å². The molecule has 18 heavy (non-hydrogen) atoms. The summed E-state index contributed by atoms with van der Waals surface area (Å²) in [5.74, 6) is 0.880. The van der Waals surface area contributed by atoms with Gasteiger partial charge in [0.15, 0.2) is 6.29 Å². The second-order valence-corrected chi connectivity index (χ2v) is 3.70. The van der Waals surface area contributed by atoms with Crippen LogP contribution in [0.15, 0.2) is 30.8 Å². The fraction of sp³-hybridized carbons (Fsp3) is 0.250. The molecule has 1 aromatic rings. The summed E-state index contributed by atoms with van der Waals surface area (Å²) in [5.41, 5.74) is -0.425. The van der Waals surface area contributed by atoms with Gasteiger partial charge < -0.3 is 8.92 Å². The number of rotatable bonds is 5. The van der Waals surface area contributed by atoms with Crippen LogP contribution in [0.1, 0.15) is 5.56 Å². The van der Waals surface area contributed by atoms with E-state index in [9.17, 15) is 9.18 Å². The standard InChI is InChI=1S/C9H10O.C3H5FO2S.H2S/c1-3-8-4-6-9(10-2)7-5-8;1-6-7-3(4)2-5;/h3-7H,1H2,2H3;2-3H,1H3;1H2. The Bertz CT molecular complexity index is 331. The van der Waals surface area contributed by atoms with E-state index in [2.05, 4.69) is 10.8 Å². The molecule has 0 saturated carbocycles. The zero-order valence-corrected chi connectivity index (χ0v) is 12.1. The molecule has 1 rings (SSSR count). The Kier molecular flexibility index (Phi) is 13.4. The lowest BCUT2D eigenvalue weighted by Gasteiger charge is -1.97. The molecule has 0 spiro atoms. The molecule has 1 unspecified atom stereocenters. The molecule has 0 aliphatic rings. The number of carbonyl (C=O) groups excluding carboxylic acids is 1. The minimum absolute atomic E-state index is 0. The fourth-order valence-electron chi connectivity index (χ4n) is 0.855. The molecule has 0 aromatic heterocycles. The number of hydrogen-bond donors (Lipinski definition) is 0. The van der Waals surface area contributed by atoms with Gasteiger partial charge in [-0.15, -0.1) is 0 Å². The minimum Gasteiger partial charge on any atom is -0.497 e. The summed E-state index contributed by atoms with van der Waals surface area (Å²) in [6, 6.07) is 7.76. The maximum absolute atomic E-state index is 11.6. The zero-order valence-electron chi connectivity index (χ0n) is 10.3. The molecule has 1 atom stereocenters. The molecular weight excluding hydrogens is 275 g/mol. The molecule has 0 heterocycles. The van der Waals surface area contributed by atoms with E-state index in [1.165, 1.54) is 7.11 Å². The molecular formula is C12H17FO3S2. The van der Waals surface area contributed by atoms with Crippen molar-refractivity contribution < 1.29 is 18.1 Å². The minimum atomic E-state index is -1.54. The number of hydrogen-bond acceptors (Lipinski definition) is 4. The molecule has 102 valence electrons. The van der Waals surface area contributed by atoms with E-state index in [1.54, 1.807) is 13.2 Å². The lowest BCUT2D eigenvalue weighted by atomic mass is 10.2. The first-order valence-electron chi connectivity index (χ1n) is 4.73. The normalized spacial score (nSPS) is 10.2. The maximum Gasteiger partial charge on any atom is 0.225 e. The Labute approximate surface area is 118 Å².